The van der Waals surface area contributed by atoms with Crippen molar-refractivity contribution in [3.05, 3.63) is 62.4 Å². The summed E-state index contributed by atoms with van der Waals surface area (Å²) in [5.41, 5.74) is -0.589. The number of aromatic nitrogens is 3. The highest BCUT2D eigenvalue weighted by Crippen LogP contribution is 2.35. The number of rotatable bonds is 4. The third-order valence-electron chi connectivity index (χ3n) is 4.08. The van der Waals surface area contributed by atoms with Gasteiger partial charge in [0, 0.05) is 23.7 Å². The third kappa shape index (κ3) is 3.96. The molecule has 0 bridgehead atoms. The number of aryl methyl sites for hydroxylation is 1. The summed E-state index contributed by atoms with van der Waals surface area (Å²) < 4.78 is 39.3. The van der Waals surface area contributed by atoms with Crippen LogP contribution in [-0.2, 0) is 6.18 Å². The predicted molar refractivity (Wildman–Crippen MR) is 97.2 cm³/mol. The zero-order valence-corrected chi connectivity index (χ0v) is 15.3. The average Bonchev–Trinajstić information content (AvgIpc) is 2.62. The second-order valence-corrected chi connectivity index (χ2v) is 6.55. The van der Waals surface area contributed by atoms with E-state index in [4.69, 9.17) is 11.6 Å². The second-order valence-electron chi connectivity index (χ2n) is 6.12. The lowest BCUT2D eigenvalue weighted by atomic mass is 10.0. The molecule has 0 fully saturated rings. The van der Waals surface area contributed by atoms with Crippen molar-refractivity contribution in [3.63, 3.8) is 0 Å². The first-order chi connectivity index (χ1) is 13.1. The number of halogens is 4. The summed E-state index contributed by atoms with van der Waals surface area (Å²) in [6, 6.07) is 3.32. The molecule has 1 N–H and O–H groups in total. The summed E-state index contributed by atoms with van der Waals surface area (Å²) in [6.45, 7) is 3.27. The highest BCUT2D eigenvalue weighted by Gasteiger charge is 2.33. The number of fused-ring (bicyclic) bond motifs is 1. The highest BCUT2D eigenvalue weighted by atomic mass is 35.5. The van der Waals surface area contributed by atoms with Gasteiger partial charge in [-0.3, -0.25) is 15.1 Å². The Morgan fingerprint density at radius 3 is 2.57 bits per heavy atom. The number of pyridine rings is 1. The molecule has 3 rings (SSSR count). The first-order valence-corrected chi connectivity index (χ1v) is 8.35. The van der Waals surface area contributed by atoms with Crippen LogP contribution < -0.4 is 5.32 Å². The van der Waals surface area contributed by atoms with E-state index in [0.29, 0.717) is 27.7 Å². The molecule has 28 heavy (non-hydrogen) atoms. The Balaban J connectivity index is 2.04. The van der Waals surface area contributed by atoms with E-state index in [-0.39, 0.29) is 11.4 Å². The van der Waals surface area contributed by atoms with Gasteiger partial charge in [-0.1, -0.05) is 11.6 Å². The van der Waals surface area contributed by atoms with Gasteiger partial charge in [0.05, 0.1) is 32.8 Å². The molecule has 0 aliphatic carbocycles. The predicted octanol–water partition coefficient (Wildman–Crippen LogP) is 5.09. The van der Waals surface area contributed by atoms with Gasteiger partial charge < -0.3 is 5.32 Å². The summed E-state index contributed by atoms with van der Waals surface area (Å²) >= 11 is 5.98. The van der Waals surface area contributed by atoms with Crippen LogP contribution in [0.2, 0.25) is 5.02 Å². The zero-order chi connectivity index (χ0) is 20.6. The van der Waals surface area contributed by atoms with Gasteiger partial charge >= 0.3 is 6.18 Å². The third-order valence-corrected chi connectivity index (χ3v) is 4.29. The van der Waals surface area contributed by atoms with Crippen molar-refractivity contribution in [1.82, 2.24) is 15.2 Å². The molecule has 0 spiro atoms. The molecule has 2 heterocycles. The monoisotopic (exact) mass is 411 g/mol. The van der Waals surface area contributed by atoms with Gasteiger partial charge in [0.25, 0.3) is 5.69 Å². The number of anilines is 1. The van der Waals surface area contributed by atoms with Crippen LogP contribution in [0.15, 0.2) is 30.5 Å². The standard InChI is InChI=1S/C17H13ClF3N5O2/c1-8(10-3-11(17(19,20)21)5-13(4-10)26(27)28)23-16-14-6-12(18)7-22-15(14)9(2)24-25-16/h3-8H,1-2H3,(H,23,25)/t8-/m1/s1. The minimum Gasteiger partial charge on any atom is -0.361 e. The molecule has 0 saturated carbocycles. The summed E-state index contributed by atoms with van der Waals surface area (Å²) in [5, 5.41) is 22.9. The fourth-order valence-corrected chi connectivity index (χ4v) is 2.84. The minimum absolute atomic E-state index is 0.0760. The number of non-ortho nitro benzene ring substituents is 1. The van der Waals surface area contributed by atoms with E-state index in [0.717, 1.165) is 12.1 Å². The van der Waals surface area contributed by atoms with Crippen molar-refractivity contribution in [2.45, 2.75) is 26.1 Å². The summed E-state index contributed by atoms with van der Waals surface area (Å²) in [7, 11) is 0. The number of nitrogens with one attached hydrogen (secondary N) is 1. The average molecular weight is 412 g/mol. The van der Waals surface area contributed by atoms with Crippen LogP contribution in [-0.4, -0.2) is 20.1 Å². The van der Waals surface area contributed by atoms with Crippen LogP contribution in [0.3, 0.4) is 0 Å². The van der Waals surface area contributed by atoms with Crippen LogP contribution in [0.25, 0.3) is 10.9 Å². The van der Waals surface area contributed by atoms with Gasteiger partial charge in [0.2, 0.25) is 0 Å². The summed E-state index contributed by atoms with van der Waals surface area (Å²) in [4.78, 5) is 14.4. The molecular weight excluding hydrogens is 399 g/mol. The molecule has 146 valence electrons. The Labute approximate surface area is 161 Å². The molecule has 2 aromatic heterocycles. The van der Waals surface area contributed by atoms with E-state index < -0.39 is 28.4 Å². The fraction of sp³-hybridized carbons (Fsp3) is 0.235. The van der Waals surface area contributed by atoms with Gasteiger partial charge in [-0.2, -0.15) is 18.3 Å². The number of alkyl halides is 3. The Bertz CT molecular complexity index is 1070. The smallest absolute Gasteiger partial charge is 0.361 e. The lowest BCUT2D eigenvalue weighted by Gasteiger charge is -2.18. The zero-order valence-electron chi connectivity index (χ0n) is 14.6. The number of hydrogen-bond acceptors (Lipinski definition) is 6. The van der Waals surface area contributed by atoms with E-state index in [9.17, 15) is 23.3 Å². The molecule has 1 aromatic carbocycles. The maximum Gasteiger partial charge on any atom is 0.416 e. The van der Waals surface area contributed by atoms with Gasteiger partial charge in [0.15, 0.2) is 5.82 Å². The van der Waals surface area contributed by atoms with Crippen LogP contribution in [0.4, 0.5) is 24.7 Å². The van der Waals surface area contributed by atoms with E-state index in [1.807, 2.05) is 0 Å². The van der Waals surface area contributed by atoms with Crippen LogP contribution in [0.1, 0.15) is 29.8 Å². The quantitative estimate of drug-likeness (QED) is 0.475. The summed E-state index contributed by atoms with van der Waals surface area (Å²) in [6.07, 6.45) is -3.27. The van der Waals surface area contributed by atoms with Crippen molar-refractivity contribution in [2.24, 2.45) is 0 Å². The molecular formula is C17H13ClF3N5O2. The molecule has 0 saturated heterocycles. The molecule has 7 nitrogen and oxygen atoms in total. The molecule has 3 aromatic rings. The number of nitro benzene ring substituents is 1. The van der Waals surface area contributed by atoms with Crippen molar-refractivity contribution < 1.29 is 18.1 Å². The second kappa shape index (κ2) is 7.19. The Hall–Kier alpha value is -3.01. The van der Waals surface area contributed by atoms with Crippen LogP contribution in [0.5, 0.6) is 0 Å². The van der Waals surface area contributed by atoms with Gasteiger partial charge in [-0.25, -0.2) is 0 Å². The van der Waals surface area contributed by atoms with Gasteiger partial charge in [0.1, 0.15) is 0 Å². The normalized spacial score (nSPS) is 12.8. The molecule has 1 atom stereocenters. The van der Waals surface area contributed by atoms with Crippen LogP contribution >= 0.6 is 11.6 Å². The minimum atomic E-state index is -4.71. The first-order valence-electron chi connectivity index (χ1n) is 7.98. The van der Waals surface area contributed by atoms with Crippen molar-refractivity contribution in [3.8, 4) is 0 Å². The molecule has 11 heteroatoms. The fourth-order valence-electron chi connectivity index (χ4n) is 2.68. The summed E-state index contributed by atoms with van der Waals surface area (Å²) in [5.74, 6) is 0.253. The Kier molecular flexibility index (Phi) is 5.07. The van der Waals surface area contributed by atoms with Gasteiger partial charge in [-0.15, -0.1) is 5.10 Å². The molecule has 0 aliphatic rings. The van der Waals surface area contributed by atoms with E-state index in [1.165, 1.54) is 6.20 Å². The van der Waals surface area contributed by atoms with Crippen molar-refractivity contribution >= 4 is 34.0 Å². The maximum atomic E-state index is 13.1. The van der Waals surface area contributed by atoms with Crippen molar-refractivity contribution in [2.75, 3.05) is 5.32 Å². The first kappa shape index (κ1) is 19.7. The number of benzene rings is 1. The largest absolute Gasteiger partial charge is 0.416 e. The number of hydrogen-bond donors (Lipinski definition) is 1. The molecule has 0 radical (unpaired) electrons. The highest BCUT2D eigenvalue weighted by molar-refractivity contribution is 6.31. The Morgan fingerprint density at radius 1 is 1.21 bits per heavy atom. The lowest BCUT2D eigenvalue weighted by molar-refractivity contribution is -0.385. The van der Waals surface area contributed by atoms with Crippen molar-refractivity contribution in [1.29, 1.82) is 0 Å². The van der Waals surface area contributed by atoms with E-state index in [1.54, 1.807) is 19.9 Å². The van der Waals surface area contributed by atoms with Crippen LogP contribution in [0, 0.1) is 17.0 Å². The maximum absolute atomic E-state index is 13.1. The molecule has 0 amide bonds. The van der Waals surface area contributed by atoms with E-state index in [2.05, 4.69) is 20.5 Å². The number of nitrogens with zero attached hydrogens (tertiary/aromatic N) is 4. The molecule has 0 unspecified atom stereocenters. The molecule has 0 aliphatic heterocycles. The topological polar surface area (TPSA) is 93.8 Å². The Morgan fingerprint density at radius 2 is 1.93 bits per heavy atom. The number of nitro groups is 1. The van der Waals surface area contributed by atoms with Gasteiger partial charge in [-0.05, 0) is 31.5 Å². The lowest BCUT2D eigenvalue weighted by Crippen LogP contribution is -2.13. The SMILES string of the molecule is Cc1nnc(N[C@H](C)c2cc([N+](=O)[O-])cc(C(F)(F)F)c2)c2cc(Cl)cnc12. The van der Waals surface area contributed by atoms with E-state index >= 15 is 0 Å².